The van der Waals surface area contributed by atoms with Crippen molar-refractivity contribution in [2.45, 2.75) is 25.4 Å². The molecule has 2 heterocycles. The Hall–Kier alpha value is -1.95. The van der Waals surface area contributed by atoms with Crippen LogP contribution in [0.2, 0.25) is 0 Å². The van der Waals surface area contributed by atoms with Crippen molar-refractivity contribution in [3.05, 3.63) is 42.2 Å². The molecule has 0 aliphatic heterocycles. The lowest BCUT2D eigenvalue weighted by molar-refractivity contribution is 0.500. The van der Waals surface area contributed by atoms with Crippen molar-refractivity contribution in [2.24, 2.45) is 5.73 Å². The normalized spacial score (nSPS) is 14.3. The van der Waals surface area contributed by atoms with Crippen molar-refractivity contribution < 1.29 is 4.42 Å². The molecule has 19 heavy (non-hydrogen) atoms. The topological polar surface area (TPSA) is 68.2 Å². The van der Waals surface area contributed by atoms with E-state index in [1.807, 2.05) is 12.1 Å². The van der Waals surface area contributed by atoms with Gasteiger partial charge in [0, 0.05) is 18.4 Å². The van der Waals surface area contributed by atoms with Crippen LogP contribution in [0, 0.1) is 0 Å². The summed E-state index contributed by atoms with van der Waals surface area (Å²) in [4.78, 5) is 11.1. The zero-order valence-electron chi connectivity index (χ0n) is 10.3. The number of hydrogen-bond acceptors (Lipinski definition) is 5. The Bertz CT molecular complexity index is 580. The van der Waals surface area contributed by atoms with E-state index in [2.05, 4.69) is 14.9 Å². The molecule has 1 aliphatic carbocycles. The summed E-state index contributed by atoms with van der Waals surface area (Å²) in [6.07, 6.45) is 7.23. The molecule has 0 unspecified atom stereocenters. The molecule has 3 rings (SSSR count). The maximum absolute atomic E-state index is 5.73. The van der Waals surface area contributed by atoms with Crippen LogP contribution in [0.5, 0.6) is 0 Å². The van der Waals surface area contributed by atoms with E-state index in [0.29, 0.717) is 18.3 Å². The minimum absolute atomic E-state index is 0.271. The minimum Gasteiger partial charge on any atom is -0.467 e. The van der Waals surface area contributed by atoms with Crippen LogP contribution in [-0.4, -0.2) is 21.0 Å². The largest absolute Gasteiger partial charge is 0.467 e. The smallest absolute Gasteiger partial charge is 0.158 e. The second-order valence-corrected chi connectivity index (χ2v) is 4.97. The Morgan fingerprint density at radius 1 is 1.42 bits per heavy atom. The monoisotopic (exact) mass is 274 g/mol. The van der Waals surface area contributed by atoms with Gasteiger partial charge in [-0.3, -0.25) is 0 Å². The fraction of sp³-hybridized carbons (Fsp3) is 0.308. The SMILES string of the molecule is NC(=S)c1nccnc1N(Cc1ccco1)C1CC1. The number of anilines is 1. The standard InChI is InChI=1S/C13H14N4OS/c14-12(19)11-13(16-6-5-15-11)17(9-3-4-9)8-10-2-1-7-18-10/h1-2,5-7,9H,3-4,8H2,(H2,14,19). The fourth-order valence-electron chi connectivity index (χ4n) is 2.05. The summed E-state index contributed by atoms with van der Waals surface area (Å²) in [5, 5.41) is 0. The Labute approximate surface area is 116 Å². The van der Waals surface area contributed by atoms with Crippen LogP contribution in [0.25, 0.3) is 0 Å². The molecule has 98 valence electrons. The van der Waals surface area contributed by atoms with Crippen molar-refractivity contribution in [3.63, 3.8) is 0 Å². The number of nitrogens with zero attached hydrogens (tertiary/aromatic N) is 3. The van der Waals surface area contributed by atoms with Gasteiger partial charge in [0.2, 0.25) is 0 Å². The first kappa shape index (κ1) is 12.1. The van der Waals surface area contributed by atoms with Gasteiger partial charge in [-0.15, -0.1) is 0 Å². The van der Waals surface area contributed by atoms with Crippen LogP contribution in [0.15, 0.2) is 35.2 Å². The first-order valence-electron chi connectivity index (χ1n) is 6.15. The third kappa shape index (κ3) is 2.58. The van der Waals surface area contributed by atoms with E-state index < -0.39 is 0 Å². The lowest BCUT2D eigenvalue weighted by atomic mass is 10.3. The number of aromatic nitrogens is 2. The minimum atomic E-state index is 0.271. The summed E-state index contributed by atoms with van der Waals surface area (Å²) in [7, 11) is 0. The highest BCUT2D eigenvalue weighted by molar-refractivity contribution is 7.80. The molecule has 0 amide bonds. The zero-order chi connectivity index (χ0) is 13.2. The Morgan fingerprint density at radius 2 is 2.21 bits per heavy atom. The molecule has 2 N–H and O–H groups in total. The molecule has 0 radical (unpaired) electrons. The quantitative estimate of drug-likeness (QED) is 0.840. The summed E-state index contributed by atoms with van der Waals surface area (Å²) < 4.78 is 5.41. The van der Waals surface area contributed by atoms with E-state index in [9.17, 15) is 0 Å². The summed E-state index contributed by atoms with van der Waals surface area (Å²) in [5.41, 5.74) is 6.30. The third-order valence-corrected chi connectivity index (χ3v) is 3.27. The zero-order valence-corrected chi connectivity index (χ0v) is 11.1. The van der Waals surface area contributed by atoms with E-state index in [1.54, 1.807) is 18.7 Å². The number of furan rings is 1. The lowest BCUT2D eigenvalue weighted by Crippen LogP contribution is -2.29. The molecule has 0 spiro atoms. The number of hydrogen-bond donors (Lipinski definition) is 1. The summed E-state index contributed by atoms with van der Waals surface area (Å²) in [5.74, 6) is 1.64. The molecule has 1 fully saturated rings. The van der Waals surface area contributed by atoms with Gasteiger partial charge in [0.15, 0.2) is 5.82 Å². The molecule has 0 bridgehead atoms. The van der Waals surface area contributed by atoms with Crippen LogP contribution in [-0.2, 0) is 6.54 Å². The molecule has 1 saturated carbocycles. The van der Waals surface area contributed by atoms with Gasteiger partial charge in [0.05, 0.1) is 12.8 Å². The summed E-state index contributed by atoms with van der Waals surface area (Å²) >= 11 is 5.05. The van der Waals surface area contributed by atoms with Crippen LogP contribution >= 0.6 is 12.2 Å². The number of thiocarbonyl (C=S) groups is 1. The molecule has 0 aromatic carbocycles. The summed E-state index contributed by atoms with van der Waals surface area (Å²) in [6, 6.07) is 4.30. The molecular weight excluding hydrogens is 260 g/mol. The van der Waals surface area contributed by atoms with Crippen molar-refractivity contribution in [1.29, 1.82) is 0 Å². The Morgan fingerprint density at radius 3 is 2.84 bits per heavy atom. The number of nitrogens with two attached hydrogens (primary N) is 1. The van der Waals surface area contributed by atoms with Crippen molar-refractivity contribution in [3.8, 4) is 0 Å². The van der Waals surface area contributed by atoms with Gasteiger partial charge in [-0.25, -0.2) is 9.97 Å². The predicted octanol–water partition coefficient (Wildman–Crippen LogP) is 1.87. The second-order valence-electron chi connectivity index (χ2n) is 4.53. The average molecular weight is 274 g/mol. The van der Waals surface area contributed by atoms with Gasteiger partial charge in [0.25, 0.3) is 0 Å². The maximum Gasteiger partial charge on any atom is 0.158 e. The third-order valence-electron chi connectivity index (χ3n) is 3.08. The number of rotatable bonds is 5. The van der Waals surface area contributed by atoms with E-state index in [1.165, 1.54) is 0 Å². The van der Waals surface area contributed by atoms with Crippen molar-refractivity contribution in [1.82, 2.24) is 9.97 Å². The highest BCUT2D eigenvalue weighted by Crippen LogP contribution is 2.33. The van der Waals surface area contributed by atoms with Crippen molar-refractivity contribution in [2.75, 3.05) is 4.90 Å². The van der Waals surface area contributed by atoms with Gasteiger partial charge in [0.1, 0.15) is 16.4 Å². The first-order valence-corrected chi connectivity index (χ1v) is 6.56. The second kappa shape index (κ2) is 4.97. The van der Waals surface area contributed by atoms with E-state index in [-0.39, 0.29) is 4.99 Å². The van der Waals surface area contributed by atoms with E-state index in [0.717, 1.165) is 24.4 Å². The van der Waals surface area contributed by atoms with Crippen molar-refractivity contribution >= 4 is 23.0 Å². The van der Waals surface area contributed by atoms with Gasteiger partial charge < -0.3 is 15.1 Å². The highest BCUT2D eigenvalue weighted by Gasteiger charge is 2.32. The molecule has 0 saturated heterocycles. The predicted molar refractivity (Wildman–Crippen MR) is 75.8 cm³/mol. The summed E-state index contributed by atoms with van der Waals surface area (Å²) in [6.45, 7) is 0.659. The maximum atomic E-state index is 5.73. The van der Waals surface area contributed by atoms with Crippen LogP contribution in [0.4, 0.5) is 5.82 Å². The Balaban J connectivity index is 1.94. The molecule has 1 aliphatic rings. The molecule has 2 aromatic heterocycles. The van der Waals surface area contributed by atoms with E-state index >= 15 is 0 Å². The lowest BCUT2D eigenvalue weighted by Gasteiger charge is -2.23. The van der Waals surface area contributed by atoms with Gasteiger partial charge in [-0.05, 0) is 25.0 Å². The van der Waals surface area contributed by atoms with Gasteiger partial charge in [-0.2, -0.15) is 0 Å². The van der Waals surface area contributed by atoms with Gasteiger partial charge >= 0.3 is 0 Å². The van der Waals surface area contributed by atoms with Crippen LogP contribution < -0.4 is 10.6 Å². The van der Waals surface area contributed by atoms with Crippen LogP contribution in [0.1, 0.15) is 24.3 Å². The molecule has 0 atom stereocenters. The fourth-order valence-corrected chi connectivity index (χ4v) is 2.19. The van der Waals surface area contributed by atoms with Gasteiger partial charge in [-0.1, -0.05) is 12.2 Å². The molecular formula is C13H14N4OS. The van der Waals surface area contributed by atoms with E-state index in [4.69, 9.17) is 22.4 Å². The van der Waals surface area contributed by atoms with Crippen LogP contribution in [0.3, 0.4) is 0 Å². The Kier molecular flexibility index (Phi) is 3.16. The first-order chi connectivity index (χ1) is 9.25. The molecule has 2 aromatic rings. The molecule has 5 nitrogen and oxygen atoms in total. The molecule has 6 heteroatoms. The average Bonchev–Trinajstić information content (AvgIpc) is 3.13. The highest BCUT2D eigenvalue weighted by atomic mass is 32.1.